The van der Waals surface area contributed by atoms with Crippen LogP contribution >= 0.6 is 0 Å². The van der Waals surface area contributed by atoms with Crippen LogP contribution in [-0.4, -0.2) is 19.0 Å². The van der Waals surface area contributed by atoms with Crippen molar-refractivity contribution in [3.63, 3.8) is 0 Å². The third-order valence-electron chi connectivity index (χ3n) is 1.68. The largest absolute Gasteiger partial charge is 0.328 e. The molecule has 0 saturated heterocycles. The monoisotopic (exact) mass is 193 g/mol. The van der Waals surface area contributed by atoms with Crippen LogP contribution in [0.4, 0.5) is 0 Å². The van der Waals surface area contributed by atoms with E-state index in [4.69, 9.17) is 10.3 Å². The summed E-state index contributed by atoms with van der Waals surface area (Å²) in [4.78, 5) is -0.161. The molecule has 0 fully saturated rings. The molecule has 0 heterocycles. The van der Waals surface area contributed by atoms with Gasteiger partial charge in [-0.15, -0.1) is 0 Å². The summed E-state index contributed by atoms with van der Waals surface area (Å²) in [5.41, 5.74) is 5.55. The van der Waals surface area contributed by atoms with Crippen molar-refractivity contribution < 1.29 is 13.0 Å². The summed E-state index contributed by atoms with van der Waals surface area (Å²) >= 11 is 0. The van der Waals surface area contributed by atoms with Crippen molar-refractivity contribution in [2.75, 3.05) is 0 Å². The van der Waals surface area contributed by atoms with Gasteiger partial charge in [-0.3, -0.25) is 4.55 Å². The number of hydrogen-bond acceptors (Lipinski definition) is 3. The standard InChI is InChI=1S/C7H15NO3S/c1-3-7(8)5-4-6(2)12(9,10)11/h7H,2-5,8H2,1H3,(H,9,10,11)/t7-/m0/s1. The van der Waals surface area contributed by atoms with Crippen LogP contribution in [-0.2, 0) is 10.1 Å². The quantitative estimate of drug-likeness (QED) is 0.636. The second kappa shape index (κ2) is 4.59. The van der Waals surface area contributed by atoms with E-state index in [9.17, 15) is 8.42 Å². The molecule has 0 aromatic heterocycles. The molecule has 12 heavy (non-hydrogen) atoms. The van der Waals surface area contributed by atoms with Gasteiger partial charge in [0.2, 0.25) is 0 Å². The molecule has 0 spiro atoms. The summed E-state index contributed by atoms with van der Waals surface area (Å²) in [5.74, 6) is 0. The molecule has 0 aromatic carbocycles. The molecule has 0 rings (SSSR count). The van der Waals surface area contributed by atoms with Gasteiger partial charge >= 0.3 is 0 Å². The lowest BCUT2D eigenvalue weighted by atomic mass is 10.1. The Kier molecular flexibility index (Phi) is 4.44. The smallest absolute Gasteiger partial charge is 0.290 e. The van der Waals surface area contributed by atoms with E-state index in [0.717, 1.165) is 6.42 Å². The Hall–Kier alpha value is -0.390. The van der Waals surface area contributed by atoms with E-state index in [1.165, 1.54) is 0 Å². The zero-order valence-corrected chi connectivity index (χ0v) is 7.97. The van der Waals surface area contributed by atoms with E-state index < -0.39 is 10.1 Å². The first-order chi connectivity index (χ1) is 5.38. The summed E-state index contributed by atoms with van der Waals surface area (Å²) in [6, 6.07) is -0.0245. The molecule has 0 amide bonds. The first-order valence-corrected chi connectivity index (χ1v) is 5.22. The Bertz CT molecular complexity index is 245. The van der Waals surface area contributed by atoms with Gasteiger partial charge in [-0.05, 0) is 19.3 Å². The molecule has 0 bridgehead atoms. The molecular weight excluding hydrogens is 178 g/mol. The van der Waals surface area contributed by atoms with Crippen molar-refractivity contribution in [3.8, 4) is 0 Å². The van der Waals surface area contributed by atoms with E-state index in [1.807, 2.05) is 6.92 Å². The normalized spacial score (nSPS) is 14.2. The molecular formula is C7H15NO3S. The van der Waals surface area contributed by atoms with Crippen molar-refractivity contribution in [3.05, 3.63) is 11.5 Å². The van der Waals surface area contributed by atoms with E-state index >= 15 is 0 Å². The first kappa shape index (κ1) is 11.6. The molecule has 1 atom stereocenters. The van der Waals surface area contributed by atoms with Crippen LogP contribution in [0.5, 0.6) is 0 Å². The highest BCUT2D eigenvalue weighted by Gasteiger charge is 2.11. The summed E-state index contributed by atoms with van der Waals surface area (Å²) in [7, 11) is -4.06. The molecule has 5 heteroatoms. The topological polar surface area (TPSA) is 80.4 Å². The van der Waals surface area contributed by atoms with Crippen molar-refractivity contribution >= 4 is 10.1 Å². The Morgan fingerprint density at radius 1 is 1.67 bits per heavy atom. The lowest BCUT2D eigenvalue weighted by Gasteiger charge is -2.07. The predicted molar refractivity (Wildman–Crippen MR) is 48.2 cm³/mol. The molecule has 72 valence electrons. The van der Waals surface area contributed by atoms with Gasteiger partial charge in [-0.25, -0.2) is 0 Å². The second-order valence-corrected chi connectivity index (χ2v) is 4.25. The van der Waals surface area contributed by atoms with Gasteiger partial charge in [0.05, 0.1) is 4.91 Å². The minimum atomic E-state index is -4.06. The lowest BCUT2D eigenvalue weighted by Crippen LogP contribution is -2.19. The van der Waals surface area contributed by atoms with Crippen LogP contribution in [0.1, 0.15) is 26.2 Å². The van der Waals surface area contributed by atoms with Gasteiger partial charge < -0.3 is 5.73 Å². The van der Waals surface area contributed by atoms with Gasteiger partial charge in [-0.2, -0.15) is 8.42 Å². The zero-order chi connectivity index (χ0) is 9.78. The maximum atomic E-state index is 10.4. The van der Waals surface area contributed by atoms with E-state index in [2.05, 4.69) is 6.58 Å². The minimum Gasteiger partial charge on any atom is -0.328 e. The first-order valence-electron chi connectivity index (χ1n) is 3.78. The highest BCUT2D eigenvalue weighted by Crippen LogP contribution is 2.11. The van der Waals surface area contributed by atoms with Crippen LogP contribution in [0.2, 0.25) is 0 Å². The van der Waals surface area contributed by atoms with Crippen molar-refractivity contribution in [2.45, 2.75) is 32.2 Å². The third kappa shape index (κ3) is 4.48. The molecule has 3 N–H and O–H groups in total. The molecule has 0 aliphatic heterocycles. The second-order valence-electron chi connectivity index (χ2n) is 2.72. The minimum absolute atomic E-state index is 0.0245. The Labute approximate surface area is 73.2 Å². The van der Waals surface area contributed by atoms with Gasteiger partial charge in [-0.1, -0.05) is 13.5 Å². The number of rotatable bonds is 5. The summed E-state index contributed by atoms with van der Waals surface area (Å²) < 4.78 is 29.4. The average Bonchev–Trinajstić information content (AvgIpc) is 1.97. The van der Waals surface area contributed by atoms with Gasteiger partial charge in [0.25, 0.3) is 10.1 Å². The Morgan fingerprint density at radius 3 is 2.50 bits per heavy atom. The van der Waals surface area contributed by atoms with Crippen LogP contribution < -0.4 is 5.73 Å². The molecule has 0 radical (unpaired) electrons. The average molecular weight is 193 g/mol. The fourth-order valence-corrected chi connectivity index (χ4v) is 1.06. The van der Waals surface area contributed by atoms with Gasteiger partial charge in [0.15, 0.2) is 0 Å². The number of nitrogens with two attached hydrogens (primary N) is 1. The molecule has 0 unspecified atom stereocenters. The summed E-state index contributed by atoms with van der Waals surface area (Å²) in [6.07, 6.45) is 1.56. The van der Waals surface area contributed by atoms with E-state index in [-0.39, 0.29) is 17.4 Å². The Morgan fingerprint density at radius 2 is 2.17 bits per heavy atom. The number of allylic oxidation sites excluding steroid dienone is 1. The van der Waals surface area contributed by atoms with E-state index in [0.29, 0.717) is 6.42 Å². The van der Waals surface area contributed by atoms with Crippen LogP contribution in [0.3, 0.4) is 0 Å². The van der Waals surface area contributed by atoms with Crippen molar-refractivity contribution in [1.29, 1.82) is 0 Å². The molecule has 0 saturated carbocycles. The highest BCUT2D eigenvalue weighted by molar-refractivity contribution is 7.89. The molecule has 0 aliphatic rings. The van der Waals surface area contributed by atoms with E-state index in [1.54, 1.807) is 0 Å². The van der Waals surface area contributed by atoms with Crippen LogP contribution in [0.25, 0.3) is 0 Å². The van der Waals surface area contributed by atoms with Gasteiger partial charge in [0, 0.05) is 6.04 Å². The predicted octanol–water partition coefficient (Wildman–Crippen LogP) is 0.905. The molecule has 0 aromatic rings. The highest BCUT2D eigenvalue weighted by atomic mass is 32.2. The zero-order valence-electron chi connectivity index (χ0n) is 7.16. The van der Waals surface area contributed by atoms with Crippen LogP contribution in [0.15, 0.2) is 11.5 Å². The van der Waals surface area contributed by atoms with Crippen LogP contribution in [0, 0.1) is 0 Å². The number of hydrogen-bond donors (Lipinski definition) is 2. The fraction of sp³-hybridized carbons (Fsp3) is 0.714. The summed E-state index contributed by atoms with van der Waals surface area (Å²) in [5, 5.41) is 0. The maximum absolute atomic E-state index is 10.4. The lowest BCUT2D eigenvalue weighted by molar-refractivity contribution is 0.487. The maximum Gasteiger partial charge on any atom is 0.290 e. The fourth-order valence-electron chi connectivity index (χ4n) is 0.679. The van der Waals surface area contributed by atoms with Crippen molar-refractivity contribution in [1.82, 2.24) is 0 Å². The Balaban J connectivity index is 3.89. The molecule has 4 nitrogen and oxygen atoms in total. The van der Waals surface area contributed by atoms with Gasteiger partial charge in [0.1, 0.15) is 0 Å². The van der Waals surface area contributed by atoms with Crippen molar-refractivity contribution in [2.24, 2.45) is 5.73 Å². The third-order valence-corrected chi connectivity index (χ3v) is 2.62. The SMILES string of the molecule is C=C(CC[C@@H](N)CC)S(=O)(=O)O. The molecule has 0 aliphatic carbocycles. The summed E-state index contributed by atoms with van der Waals surface area (Å²) in [6.45, 7) is 5.16.